The molecule has 90 valence electrons. The Balaban J connectivity index is 3.65. The molecule has 15 heavy (non-hydrogen) atoms. The normalized spacial score (nSPS) is 15.1. The standard InChI is InChI=1S/C11H23NO3/c1-5-15-11(14)6-9(4)12-7-10(13)8(2)3/h8-10,12-13H,5-7H2,1-4H3. The highest BCUT2D eigenvalue weighted by Crippen LogP contribution is 2.00. The van der Waals surface area contributed by atoms with E-state index >= 15 is 0 Å². The summed E-state index contributed by atoms with van der Waals surface area (Å²) in [7, 11) is 0. The SMILES string of the molecule is CCOC(=O)CC(C)NCC(O)C(C)C. The predicted octanol–water partition coefficient (Wildman–Crippen LogP) is 0.935. The highest BCUT2D eigenvalue weighted by molar-refractivity contribution is 5.69. The third-order valence-corrected chi connectivity index (χ3v) is 2.22. The van der Waals surface area contributed by atoms with E-state index in [0.717, 1.165) is 0 Å². The summed E-state index contributed by atoms with van der Waals surface area (Å²) in [5.74, 6) is 0.0313. The lowest BCUT2D eigenvalue weighted by molar-refractivity contribution is -0.143. The second kappa shape index (κ2) is 7.65. The Morgan fingerprint density at radius 3 is 2.47 bits per heavy atom. The molecular weight excluding hydrogens is 194 g/mol. The van der Waals surface area contributed by atoms with Crippen molar-refractivity contribution in [3.8, 4) is 0 Å². The molecule has 0 spiro atoms. The summed E-state index contributed by atoms with van der Waals surface area (Å²) in [4.78, 5) is 11.1. The van der Waals surface area contributed by atoms with Crippen molar-refractivity contribution < 1.29 is 14.6 Å². The van der Waals surface area contributed by atoms with E-state index < -0.39 is 0 Å². The van der Waals surface area contributed by atoms with Gasteiger partial charge in [-0.3, -0.25) is 4.79 Å². The zero-order valence-corrected chi connectivity index (χ0v) is 10.1. The highest BCUT2D eigenvalue weighted by Gasteiger charge is 2.13. The smallest absolute Gasteiger partial charge is 0.307 e. The molecule has 4 heteroatoms. The van der Waals surface area contributed by atoms with Gasteiger partial charge in [0.15, 0.2) is 0 Å². The molecule has 2 atom stereocenters. The number of carbonyl (C=O) groups is 1. The van der Waals surface area contributed by atoms with Crippen molar-refractivity contribution in [3.05, 3.63) is 0 Å². The summed E-state index contributed by atoms with van der Waals surface area (Å²) in [5.41, 5.74) is 0. The van der Waals surface area contributed by atoms with Crippen LogP contribution in [-0.4, -0.2) is 36.4 Å². The zero-order chi connectivity index (χ0) is 11.8. The first-order chi connectivity index (χ1) is 6.97. The summed E-state index contributed by atoms with van der Waals surface area (Å²) in [6.45, 7) is 8.55. The van der Waals surface area contributed by atoms with Gasteiger partial charge in [0.25, 0.3) is 0 Å². The molecule has 2 unspecified atom stereocenters. The third kappa shape index (κ3) is 7.33. The van der Waals surface area contributed by atoms with Crippen LogP contribution in [0.15, 0.2) is 0 Å². The predicted molar refractivity (Wildman–Crippen MR) is 59.6 cm³/mol. The molecule has 0 aromatic heterocycles. The van der Waals surface area contributed by atoms with Crippen LogP contribution in [-0.2, 0) is 9.53 Å². The van der Waals surface area contributed by atoms with Gasteiger partial charge in [0.05, 0.1) is 19.1 Å². The topological polar surface area (TPSA) is 58.6 Å². The molecule has 0 aliphatic carbocycles. The van der Waals surface area contributed by atoms with E-state index in [1.807, 2.05) is 20.8 Å². The van der Waals surface area contributed by atoms with E-state index in [9.17, 15) is 9.90 Å². The number of hydrogen-bond acceptors (Lipinski definition) is 4. The van der Waals surface area contributed by atoms with Crippen LogP contribution in [0.3, 0.4) is 0 Å². The van der Waals surface area contributed by atoms with Gasteiger partial charge in [-0.05, 0) is 19.8 Å². The zero-order valence-electron chi connectivity index (χ0n) is 10.1. The molecule has 0 saturated carbocycles. The summed E-state index contributed by atoms with van der Waals surface area (Å²) in [6.07, 6.45) is -0.0202. The Morgan fingerprint density at radius 2 is 2.00 bits per heavy atom. The highest BCUT2D eigenvalue weighted by atomic mass is 16.5. The van der Waals surface area contributed by atoms with Crippen molar-refractivity contribution >= 4 is 5.97 Å². The minimum atomic E-state index is -0.366. The second-order valence-corrected chi connectivity index (χ2v) is 4.13. The fraction of sp³-hybridized carbons (Fsp3) is 0.909. The molecule has 0 saturated heterocycles. The number of esters is 1. The van der Waals surface area contributed by atoms with Crippen LogP contribution in [0.2, 0.25) is 0 Å². The fourth-order valence-electron chi connectivity index (χ4n) is 1.10. The molecule has 0 radical (unpaired) electrons. The van der Waals surface area contributed by atoms with Crippen LogP contribution < -0.4 is 5.32 Å². The van der Waals surface area contributed by atoms with Crippen molar-refractivity contribution in [2.75, 3.05) is 13.2 Å². The summed E-state index contributed by atoms with van der Waals surface area (Å²) in [6, 6.07) is 0.0393. The molecular formula is C11H23NO3. The van der Waals surface area contributed by atoms with E-state index in [2.05, 4.69) is 5.32 Å². The summed E-state index contributed by atoms with van der Waals surface area (Å²) >= 11 is 0. The molecule has 0 aromatic carbocycles. The lowest BCUT2D eigenvalue weighted by Gasteiger charge is -2.18. The number of ether oxygens (including phenoxy) is 1. The van der Waals surface area contributed by atoms with Gasteiger partial charge in [-0.15, -0.1) is 0 Å². The van der Waals surface area contributed by atoms with Gasteiger partial charge in [-0.1, -0.05) is 13.8 Å². The molecule has 0 bridgehead atoms. The van der Waals surface area contributed by atoms with Crippen LogP contribution in [0.1, 0.15) is 34.1 Å². The summed E-state index contributed by atoms with van der Waals surface area (Å²) in [5, 5.41) is 12.6. The van der Waals surface area contributed by atoms with Gasteiger partial charge in [0.2, 0.25) is 0 Å². The van der Waals surface area contributed by atoms with E-state index in [0.29, 0.717) is 19.6 Å². The second-order valence-electron chi connectivity index (χ2n) is 4.13. The monoisotopic (exact) mass is 217 g/mol. The number of nitrogens with one attached hydrogen (secondary N) is 1. The molecule has 4 nitrogen and oxygen atoms in total. The Morgan fingerprint density at radius 1 is 1.40 bits per heavy atom. The molecule has 0 fully saturated rings. The molecule has 0 aromatic rings. The quantitative estimate of drug-likeness (QED) is 0.623. The van der Waals surface area contributed by atoms with Crippen molar-refractivity contribution in [3.63, 3.8) is 0 Å². The van der Waals surface area contributed by atoms with E-state index in [1.165, 1.54) is 0 Å². The number of carbonyl (C=O) groups excluding carboxylic acids is 1. The van der Waals surface area contributed by atoms with Crippen LogP contribution in [0.25, 0.3) is 0 Å². The Labute approximate surface area is 92.0 Å². The maximum Gasteiger partial charge on any atom is 0.307 e. The largest absolute Gasteiger partial charge is 0.466 e. The Kier molecular flexibility index (Phi) is 7.34. The first kappa shape index (κ1) is 14.4. The van der Waals surface area contributed by atoms with E-state index in [-0.39, 0.29) is 24.0 Å². The average molecular weight is 217 g/mol. The third-order valence-electron chi connectivity index (χ3n) is 2.22. The number of rotatable bonds is 7. The summed E-state index contributed by atoms with van der Waals surface area (Å²) < 4.78 is 4.83. The minimum absolute atomic E-state index is 0.0393. The Hall–Kier alpha value is -0.610. The van der Waals surface area contributed by atoms with Crippen LogP contribution >= 0.6 is 0 Å². The molecule has 0 aliphatic heterocycles. The molecule has 2 N–H and O–H groups in total. The maximum atomic E-state index is 11.1. The van der Waals surface area contributed by atoms with E-state index in [4.69, 9.17) is 4.74 Å². The van der Waals surface area contributed by atoms with Crippen LogP contribution in [0, 0.1) is 5.92 Å². The van der Waals surface area contributed by atoms with Crippen LogP contribution in [0.4, 0.5) is 0 Å². The lowest BCUT2D eigenvalue weighted by Crippen LogP contribution is -2.37. The molecule has 0 heterocycles. The van der Waals surface area contributed by atoms with Gasteiger partial charge >= 0.3 is 5.97 Å². The maximum absolute atomic E-state index is 11.1. The Bertz CT molecular complexity index is 183. The van der Waals surface area contributed by atoms with Crippen molar-refractivity contribution in [2.45, 2.75) is 46.3 Å². The molecule has 0 rings (SSSR count). The van der Waals surface area contributed by atoms with E-state index in [1.54, 1.807) is 6.92 Å². The minimum Gasteiger partial charge on any atom is -0.466 e. The van der Waals surface area contributed by atoms with Gasteiger partial charge in [-0.2, -0.15) is 0 Å². The van der Waals surface area contributed by atoms with Crippen LogP contribution in [0.5, 0.6) is 0 Å². The van der Waals surface area contributed by atoms with Gasteiger partial charge in [0, 0.05) is 12.6 Å². The van der Waals surface area contributed by atoms with Gasteiger partial charge < -0.3 is 15.2 Å². The molecule has 0 amide bonds. The van der Waals surface area contributed by atoms with Gasteiger partial charge in [0.1, 0.15) is 0 Å². The van der Waals surface area contributed by atoms with Crippen molar-refractivity contribution in [1.29, 1.82) is 0 Å². The number of hydrogen-bond donors (Lipinski definition) is 2. The lowest BCUT2D eigenvalue weighted by atomic mass is 10.1. The van der Waals surface area contributed by atoms with Crippen molar-refractivity contribution in [2.24, 2.45) is 5.92 Å². The first-order valence-corrected chi connectivity index (χ1v) is 5.54. The van der Waals surface area contributed by atoms with Crippen molar-refractivity contribution in [1.82, 2.24) is 5.32 Å². The fourth-order valence-corrected chi connectivity index (χ4v) is 1.10. The van der Waals surface area contributed by atoms with Gasteiger partial charge in [-0.25, -0.2) is 0 Å². The first-order valence-electron chi connectivity index (χ1n) is 5.54. The average Bonchev–Trinajstić information content (AvgIpc) is 2.14. The number of aliphatic hydroxyl groups excluding tert-OH is 1. The molecule has 0 aliphatic rings. The number of aliphatic hydroxyl groups is 1.